The van der Waals surface area contributed by atoms with Crippen LogP contribution in [0.2, 0.25) is 0 Å². The van der Waals surface area contributed by atoms with Gasteiger partial charge in [-0.1, -0.05) is 23.9 Å². The monoisotopic (exact) mass is 310 g/mol. The SMILES string of the molecule is Cc1ccc(COCC(C)(C)F)c(N2C(=N)SCC2=O)c1. The minimum Gasteiger partial charge on any atom is -0.373 e. The van der Waals surface area contributed by atoms with Crippen LogP contribution >= 0.6 is 11.8 Å². The van der Waals surface area contributed by atoms with Crippen LogP contribution in [0, 0.1) is 12.3 Å². The molecule has 1 saturated heterocycles. The number of hydrogen-bond donors (Lipinski definition) is 1. The van der Waals surface area contributed by atoms with Crippen molar-refractivity contribution in [2.75, 3.05) is 17.3 Å². The number of aryl methyl sites for hydroxylation is 1. The predicted octanol–water partition coefficient (Wildman–Crippen LogP) is 3.27. The number of amides is 1. The quantitative estimate of drug-likeness (QED) is 0.908. The van der Waals surface area contributed by atoms with Gasteiger partial charge in [-0.15, -0.1) is 0 Å². The molecular weight excluding hydrogens is 291 g/mol. The first-order valence-corrected chi connectivity index (χ1v) is 7.67. The van der Waals surface area contributed by atoms with Gasteiger partial charge in [-0.3, -0.25) is 15.1 Å². The van der Waals surface area contributed by atoms with Crippen molar-refractivity contribution in [2.45, 2.75) is 33.0 Å². The Morgan fingerprint density at radius 2 is 2.19 bits per heavy atom. The summed E-state index contributed by atoms with van der Waals surface area (Å²) in [5, 5.41) is 8.10. The van der Waals surface area contributed by atoms with Crippen molar-refractivity contribution in [2.24, 2.45) is 0 Å². The van der Waals surface area contributed by atoms with Gasteiger partial charge >= 0.3 is 0 Å². The third-order valence-electron chi connectivity index (χ3n) is 2.97. The second-order valence-electron chi connectivity index (χ2n) is 5.67. The number of rotatable bonds is 5. The van der Waals surface area contributed by atoms with Gasteiger partial charge in [0, 0.05) is 5.56 Å². The highest BCUT2D eigenvalue weighted by molar-refractivity contribution is 8.15. The number of amidine groups is 1. The van der Waals surface area contributed by atoms with E-state index in [2.05, 4.69) is 0 Å². The molecule has 0 unspecified atom stereocenters. The summed E-state index contributed by atoms with van der Waals surface area (Å²) in [6, 6.07) is 5.64. The molecule has 2 rings (SSSR count). The van der Waals surface area contributed by atoms with Gasteiger partial charge in [0.05, 0.1) is 24.7 Å². The normalized spacial score (nSPS) is 15.9. The third-order valence-corrected chi connectivity index (χ3v) is 3.82. The Labute approximate surface area is 128 Å². The third kappa shape index (κ3) is 4.04. The van der Waals surface area contributed by atoms with Crippen molar-refractivity contribution in [3.8, 4) is 0 Å². The maximum Gasteiger partial charge on any atom is 0.243 e. The van der Waals surface area contributed by atoms with E-state index >= 15 is 0 Å². The first-order chi connectivity index (χ1) is 9.78. The summed E-state index contributed by atoms with van der Waals surface area (Å²) in [5.74, 6) is 0.174. The van der Waals surface area contributed by atoms with Gasteiger partial charge in [-0.25, -0.2) is 4.39 Å². The number of nitrogens with zero attached hydrogens (tertiary/aromatic N) is 1. The molecule has 1 aliphatic rings. The number of nitrogens with one attached hydrogen (secondary N) is 1. The number of hydrogen-bond acceptors (Lipinski definition) is 4. The van der Waals surface area contributed by atoms with Crippen LogP contribution in [-0.4, -0.2) is 29.1 Å². The summed E-state index contributed by atoms with van der Waals surface area (Å²) < 4.78 is 18.9. The van der Waals surface area contributed by atoms with Crippen LogP contribution < -0.4 is 4.90 Å². The van der Waals surface area contributed by atoms with E-state index in [1.807, 2.05) is 25.1 Å². The lowest BCUT2D eigenvalue weighted by atomic mass is 10.1. The minimum absolute atomic E-state index is 0.0134. The van der Waals surface area contributed by atoms with E-state index in [1.54, 1.807) is 0 Å². The number of alkyl halides is 1. The molecule has 1 aromatic rings. The molecule has 1 aliphatic heterocycles. The first-order valence-electron chi connectivity index (χ1n) is 6.68. The molecule has 0 atom stereocenters. The number of carbonyl (C=O) groups excluding carboxylic acids is 1. The van der Waals surface area contributed by atoms with Gasteiger partial charge in [0.2, 0.25) is 5.91 Å². The second-order valence-corrected chi connectivity index (χ2v) is 6.63. The molecule has 0 saturated carbocycles. The summed E-state index contributed by atoms with van der Waals surface area (Å²) in [6.07, 6.45) is 0. The summed E-state index contributed by atoms with van der Waals surface area (Å²) in [6.45, 7) is 5.04. The van der Waals surface area contributed by atoms with Crippen LogP contribution in [0.25, 0.3) is 0 Å². The van der Waals surface area contributed by atoms with E-state index in [0.29, 0.717) is 5.69 Å². The van der Waals surface area contributed by atoms with E-state index in [9.17, 15) is 9.18 Å². The van der Waals surface area contributed by atoms with Crippen LogP contribution in [0.5, 0.6) is 0 Å². The van der Waals surface area contributed by atoms with E-state index in [4.69, 9.17) is 10.1 Å². The molecule has 1 heterocycles. The highest BCUT2D eigenvalue weighted by Gasteiger charge is 2.30. The summed E-state index contributed by atoms with van der Waals surface area (Å²) in [7, 11) is 0. The molecule has 0 spiro atoms. The van der Waals surface area contributed by atoms with Gasteiger partial charge in [0.25, 0.3) is 0 Å². The highest BCUT2D eigenvalue weighted by Crippen LogP contribution is 2.30. The van der Waals surface area contributed by atoms with Crippen molar-refractivity contribution >= 4 is 28.5 Å². The average Bonchev–Trinajstić information content (AvgIpc) is 2.69. The molecule has 1 aromatic carbocycles. The molecule has 1 amide bonds. The number of thioether (sulfide) groups is 1. The Hall–Kier alpha value is -1.40. The van der Waals surface area contributed by atoms with Gasteiger partial charge in [0.15, 0.2) is 5.17 Å². The molecule has 6 heteroatoms. The molecule has 114 valence electrons. The maximum atomic E-state index is 13.5. The van der Waals surface area contributed by atoms with Crippen LogP contribution in [0.4, 0.5) is 10.1 Å². The lowest BCUT2D eigenvalue weighted by molar-refractivity contribution is -0.115. The molecule has 0 bridgehead atoms. The second kappa shape index (κ2) is 6.15. The van der Waals surface area contributed by atoms with Gasteiger partial charge in [-0.2, -0.15) is 0 Å². The maximum absolute atomic E-state index is 13.5. The van der Waals surface area contributed by atoms with Crippen LogP contribution in [0.3, 0.4) is 0 Å². The molecule has 0 aliphatic carbocycles. The van der Waals surface area contributed by atoms with Crippen molar-refractivity contribution in [1.29, 1.82) is 5.41 Å². The zero-order chi connectivity index (χ0) is 15.6. The molecular formula is C15H19FN2O2S. The Balaban J connectivity index is 2.22. The summed E-state index contributed by atoms with van der Waals surface area (Å²) >= 11 is 1.21. The Morgan fingerprint density at radius 3 is 2.76 bits per heavy atom. The highest BCUT2D eigenvalue weighted by atomic mass is 32.2. The molecule has 21 heavy (non-hydrogen) atoms. The zero-order valence-electron chi connectivity index (χ0n) is 12.4. The molecule has 1 fully saturated rings. The smallest absolute Gasteiger partial charge is 0.243 e. The number of anilines is 1. The number of carbonyl (C=O) groups is 1. The number of benzene rings is 1. The lowest BCUT2D eigenvalue weighted by Crippen LogP contribution is -2.30. The van der Waals surface area contributed by atoms with Crippen molar-refractivity contribution < 1.29 is 13.9 Å². The molecule has 4 nitrogen and oxygen atoms in total. The topological polar surface area (TPSA) is 53.4 Å². The predicted molar refractivity (Wildman–Crippen MR) is 83.7 cm³/mol. The fraction of sp³-hybridized carbons (Fsp3) is 0.467. The molecule has 1 N–H and O–H groups in total. The van der Waals surface area contributed by atoms with Gasteiger partial charge in [0.1, 0.15) is 5.67 Å². The van der Waals surface area contributed by atoms with E-state index in [0.717, 1.165) is 11.1 Å². The van der Waals surface area contributed by atoms with Crippen molar-refractivity contribution in [3.05, 3.63) is 29.3 Å². The first kappa shape index (κ1) is 16.0. The Morgan fingerprint density at radius 1 is 1.48 bits per heavy atom. The standard InChI is InChI=1S/C15H19FN2O2S/c1-10-4-5-11(7-20-9-15(2,3)16)12(6-10)18-13(19)8-21-14(18)17/h4-6,17H,7-9H2,1-3H3. The van der Waals surface area contributed by atoms with Gasteiger partial charge < -0.3 is 4.74 Å². The van der Waals surface area contributed by atoms with Crippen LogP contribution in [0.15, 0.2) is 18.2 Å². The fourth-order valence-corrected chi connectivity index (χ4v) is 2.74. The number of halogens is 1. The van der Waals surface area contributed by atoms with Gasteiger partial charge in [-0.05, 0) is 32.4 Å². The van der Waals surface area contributed by atoms with E-state index < -0.39 is 5.67 Å². The Kier molecular flexibility index (Phi) is 4.68. The van der Waals surface area contributed by atoms with Crippen LogP contribution in [0.1, 0.15) is 25.0 Å². The average molecular weight is 310 g/mol. The zero-order valence-corrected chi connectivity index (χ0v) is 13.2. The fourth-order valence-electron chi connectivity index (χ4n) is 2.02. The number of ether oxygens (including phenoxy) is 1. The Bertz CT molecular complexity index is 553. The minimum atomic E-state index is -1.39. The largest absolute Gasteiger partial charge is 0.373 e. The summed E-state index contributed by atoms with van der Waals surface area (Å²) in [4.78, 5) is 13.3. The molecule has 0 aromatic heterocycles. The molecule has 0 radical (unpaired) electrons. The van der Waals surface area contributed by atoms with E-state index in [-0.39, 0.29) is 30.0 Å². The lowest BCUT2D eigenvalue weighted by Gasteiger charge is -2.21. The van der Waals surface area contributed by atoms with Crippen LogP contribution in [-0.2, 0) is 16.1 Å². The van der Waals surface area contributed by atoms with Crippen molar-refractivity contribution in [3.63, 3.8) is 0 Å². The summed E-state index contributed by atoms with van der Waals surface area (Å²) in [5.41, 5.74) is 1.05. The van der Waals surface area contributed by atoms with E-state index in [1.165, 1.54) is 30.5 Å². The van der Waals surface area contributed by atoms with Crippen molar-refractivity contribution in [1.82, 2.24) is 0 Å².